The average Bonchev–Trinajstić information content (AvgIpc) is 3.23. The summed E-state index contributed by atoms with van der Waals surface area (Å²) in [5, 5.41) is 4.70. The number of aromatic nitrogens is 1. The standard InChI is InChI=1S/C19H33N5S/c1-14(2)18-15(3)25-17(22-18)12-21-19(20-4)24-11-8-16(13-24)23-9-6-5-7-10-23/h14,16H,5-13H2,1-4H3,(H,20,21). The van der Waals surface area contributed by atoms with Gasteiger partial charge in [-0.25, -0.2) is 4.98 Å². The fourth-order valence-corrected chi connectivity index (χ4v) is 5.11. The fourth-order valence-electron chi connectivity index (χ4n) is 4.08. The van der Waals surface area contributed by atoms with Crippen molar-refractivity contribution in [3.05, 3.63) is 15.6 Å². The Morgan fingerprint density at radius 3 is 2.68 bits per heavy atom. The minimum absolute atomic E-state index is 0.494. The maximum absolute atomic E-state index is 4.80. The Kier molecular flexibility index (Phi) is 6.34. The van der Waals surface area contributed by atoms with Crippen LogP contribution < -0.4 is 5.32 Å². The number of aliphatic imine (C=N–C) groups is 1. The lowest BCUT2D eigenvalue weighted by Crippen LogP contribution is -2.44. The molecule has 1 aromatic rings. The second-order valence-electron chi connectivity index (χ2n) is 7.59. The molecule has 6 heteroatoms. The third-order valence-corrected chi connectivity index (χ3v) is 6.39. The number of piperidine rings is 1. The smallest absolute Gasteiger partial charge is 0.194 e. The highest BCUT2D eigenvalue weighted by Gasteiger charge is 2.30. The molecule has 2 fully saturated rings. The van der Waals surface area contributed by atoms with Gasteiger partial charge in [-0.15, -0.1) is 11.3 Å². The Balaban J connectivity index is 1.54. The summed E-state index contributed by atoms with van der Waals surface area (Å²) in [5.74, 6) is 1.52. The molecule has 140 valence electrons. The van der Waals surface area contributed by atoms with Gasteiger partial charge in [0.05, 0.1) is 12.2 Å². The zero-order chi connectivity index (χ0) is 17.8. The molecule has 0 saturated carbocycles. The highest BCUT2D eigenvalue weighted by molar-refractivity contribution is 7.11. The van der Waals surface area contributed by atoms with E-state index in [-0.39, 0.29) is 0 Å². The molecule has 1 unspecified atom stereocenters. The Morgan fingerprint density at radius 2 is 2.04 bits per heavy atom. The molecule has 1 atom stereocenters. The first-order chi connectivity index (χ1) is 12.1. The van der Waals surface area contributed by atoms with Crippen LogP contribution in [0.15, 0.2) is 4.99 Å². The van der Waals surface area contributed by atoms with Crippen LogP contribution in [-0.4, -0.2) is 60.0 Å². The summed E-state index contributed by atoms with van der Waals surface area (Å²) in [4.78, 5) is 15.8. The van der Waals surface area contributed by atoms with Gasteiger partial charge < -0.3 is 10.2 Å². The second-order valence-corrected chi connectivity index (χ2v) is 8.88. The number of thiazole rings is 1. The average molecular weight is 364 g/mol. The van der Waals surface area contributed by atoms with E-state index in [4.69, 9.17) is 4.98 Å². The molecule has 0 spiro atoms. The maximum atomic E-state index is 4.80. The summed E-state index contributed by atoms with van der Waals surface area (Å²) in [6.07, 6.45) is 5.40. The van der Waals surface area contributed by atoms with E-state index in [1.54, 1.807) is 11.3 Å². The lowest BCUT2D eigenvalue weighted by Gasteiger charge is -2.32. The highest BCUT2D eigenvalue weighted by atomic mass is 32.1. The van der Waals surface area contributed by atoms with Gasteiger partial charge in [0.15, 0.2) is 5.96 Å². The second kappa shape index (κ2) is 8.49. The Morgan fingerprint density at radius 1 is 1.28 bits per heavy atom. The predicted octanol–water partition coefficient (Wildman–Crippen LogP) is 3.21. The van der Waals surface area contributed by atoms with Crippen molar-refractivity contribution in [1.29, 1.82) is 0 Å². The van der Waals surface area contributed by atoms with Crippen molar-refractivity contribution in [2.45, 2.75) is 65.0 Å². The summed E-state index contributed by atoms with van der Waals surface area (Å²) in [6.45, 7) is 12.1. The zero-order valence-electron chi connectivity index (χ0n) is 16.2. The Labute approximate surface area is 156 Å². The third-order valence-electron chi connectivity index (χ3n) is 5.40. The molecule has 1 N–H and O–H groups in total. The molecule has 2 saturated heterocycles. The van der Waals surface area contributed by atoms with Crippen LogP contribution in [0.5, 0.6) is 0 Å². The fraction of sp³-hybridized carbons (Fsp3) is 0.789. The summed E-state index contributed by atoms with van der Waals surface area (Å²) in [7, 11) is 1.89. The minimum atomic E-state index is 0.494. The van der Waals surface area contributed by atoms with Crippen LogP contribution in [0.3, 0.4) is 0 Å². The minimum Gasteiger partial charge on any atom is -0.350 e. The predicted molar refractivity (Wildman–Crippen MR) is 107 cm³/mol. The molecular weight excluding hydrogens is 330 g/mol. The normalized spacial score (nSPS) is 22.8. The van der Waals surface area contributed by atoms with E-state index in [1.165, 1.54) is 49.3 Å². The third kappa shape index (κ3) is 4.53. The van der Waals surface area contributed by atoms with E-state index in [0.717, 1.165) is 30.6 Å². The van der Waals surface area contributed by atoms with Gasteiger partial charge in [-0.1, -0.05) is 20.3 Å². The zero-order valence-corrected chi connectivity index (χ0v) is 17.0. The summed E-state index contributed by atoms with van der Waals surface area (Å²) in [5.41, 5.74) is 1.24. The van der Waals surface area contributed by atoms with Gasteiger partial charge in [-0.3, -0.25) is 9.89 Å². The van der Waals surface area contributed by atoms with Gasteiger partial charge >= 0.3 is 0 Å². The number of likely N-dealkylation sites (tertiary alicyclic amines) is 2. The van der Waals surface area contributed by atoms with Crippen molar-refractivity contribution >= 4 is 17.3 Å². The molecule has 3 heterocycles. The van der Waals surface area contributed by atoms with Gasteiger partial charge in [-0.2, -0.15) is 0 Å². The van der Waals surface area contributed by atoms with E-state index >= 15 is 0 Å². The molecule has 25 heavy (non-hydrogen) atoms. The molecule has 0 bridgehead atoms. The van der Waals surface area contributed by atoms with Crippen molar-refractivity contribution in [2.24, 2.45) is 4.99 Å². The molecule has 2 aliphatic heterocycles. The van der Waals surface area contributed by atoms with Crippen LogP contribution in [0.1, 0.15) is 61.0 Å². The number of hydrogen-bond acceptors (Lipinski definition) is 4. The summed E-state index contributed by atoms with van der Waals surface area (Å²) >= 11 is 1.81. The number of nitrogens with one attached hydrogen (secondary N) is 1. The molecule has 2 aliphatic rings. The van der Waals surface area contributed by atoms with Crippen molar-refractivity contribution in [3.63, 3.8) is 0 Å². The van der Waals surface area contributed by atoms with Crippen LogP contribution in [0.4, 0.5) is 0 Å². The first-order valence-corrected chi connectivity index (χ1v) is 10.6. The highest BCUT2D eigenvalue weighted by Crippen LogP contribution is 2.24. The lowest BCUT2D eigenvalue weighted by molar-refractivity contribution is 0.168. The molecule has 0 aromatic carbocycles. The largest absolute Gasteiger partial charge is 0.350 e. The van der Waals surface area contributed by atoms with Crippen LogP contribution in [-0.2, 0) is 6.54 Å². The Hall–Kier alpha value is -1.14. The van der Waals surface area contributed by atoms with Gasteiger partial charge in [0.25, 0.3) is 0 Å². The van der Waals surface area contributed by atoms with E-state index in [1.807, 2.05) is 7.05 Å². The molecule has 5 nitrogen and oxygen atoms in total. The number of guanidine groups is 1. The first kappa shape index (κ1) is 18.6. The van der Waals surface area contributed by atoms with Gasteiger partial charge in [0.2, 0.25) is 0 Å². The van der Waals surface area contributed by atoms with Crippen molar-refractivity contribution in [3.8, 4) is 0 Å². The Bertz CT molecular complexity index is 589. The molecular formula is C19H33N5S. The van der Waals surface area contributed by atoms with E-state index in [0.29, 0.717) is 12.0 Å². The summed E-state index contributed by atoms with van der Waals surface area (Å²) in [6, 6.07) is 0.702. The van der Waals surface area contributed by atoms with Gasteiger partial charge in [-0.05, 0) is 45.2 Å². The number of nitrogens with zero attached hydrogens (tertiary/aromatic N) is 4. The SMILES string of the molecule is CN=C(NCc1nc(C(C)C)c(C)s1)N1CCC(N2CCCCC2)C1. The van der Waals surface area contributed by atoms with Crippen molar-refractivity contribution in [2.75, 3.05) is 33.2 Å². The van der Waals surface area contributed by atoms with Crippen LogP contribution in [0.25, 0.3) is 0 Å². The van der Waals surface area contributed by atoms with Crippen LogP contribution in [0.2, 0.25) is 0 Å². The lowest BCUT2D eigenvalue weighted by atomic mass is 10.1. The monoisotopic (exact) mass is 363 g/mol. The first-order valence-electron chi connectivity index (χ1n) is 9.74. The topological polar surface area (TPSA) is 43.8 Å². The molecule has 1 aromatic heterocycles. The number of hydrogen-bond donors (Lipinski definition) is 1. The molecule has 0 aliphatic carbocycles. The van der Waals surface area contributed by atoms with Crippen LogP contribution >= 0.6 is 11.3 Å². The van der Waals surface area contributed by atoms with Gasteiger partial charge in [0.1, 0.15) is 5.01 Å². The van der Waals surface area contributed by atoms with Gasteiger partial charge in [0, 0.05) is 31.1 Å². The van der Waals surface area contributed by atoms with Crippen molar-refractivity contribution < 1.29 is 0 Å². The molecule has 0 amide bonds. The van der Waals surface area contributed by atoms with Crippen molar-refractivity contribution in [1.82, 2.24) is 20.1 Å². The van der Waals surface area contributed by atoms with E-state index in [2.05, 4.69) is 40.9 Å². The van der Waals surface area contributed by atoms with E-state index in [9.17, 15) is 0 Å². The molecule has 0 radical (unpaired) electrons. The van der Waals surface area contributed by atoms with Crippen LogP contribution in [0, 0.1) is 6.92 Å². The van der Waals surface area contributed by atoms with E-state index < -0.39 is 0 Å². The maximum Gasteiger partial charge on any atom is 0.194 e. The number of aryl methyl sites for hydroxylation is 1. The molecule has 3 rings (SSSR count). The number of rotatable bonds is 4. The quantitative estimate of drug-likeness (QED) is 0.659. The summed E-state index contributed by atoms with van der Waals surface area (Å²) < 4.78 is 0.